The summed E-state index contributed by atoms with van der Waals surface area (Å²) in [5, 5.41) is 18.5. The fourth-order valence-electron chi connectivity index (χ4n) is 0.500. The maximum absolute atomic E-state index is 11.7. The molecule has 3 N–H and O–H groups in total. The third-order valence-corrected chi connectivity index (χ3v) is 1.15. The Morgan fingerprint density at radius 2 is 1.93 bits per heavy atom. The second-order valence-corrected chi connectivity index (χ2v) is 2.32. The van der Waals surface area contributed by atoms with Gasteiger partial charge < -0.3 is 15.5 Å². The van der Waals surface area contributed by atoms with E-state index in [-0.39, 0.29) is 0 Å². The third kappa shape index (κ3) is 6.06. The lowest BCUT2D eigenvalue weighted by Crippen LogP contribution is -2.35. The normalized spacial score (nSPS) is 13.1. The van der Waals surface area contributed by atoms with Crippen molar-refractivity contribution < 1.29 is 28.6 Å². The van der Waals surface area contributed by atoms with E-state index in [2.05, 4.69) is 0 Å². The molecule has 1 atom stereocenters. The Morgan fingerprint density at radius 1 is 1.36 bits per heavy atom. The number of aliphatic carboxylic acids is 1. The average molecular weight is 209 g/mol. The van der Waals surface area contributed by atoms with Crippen LogP contribution in [0.3, 0.4) is 0 Å². The summed E-state index contributed by atoms with van der Waals surface area (Å²) in [6.07, 6.45) is -3.67. The van der Waals surface area contributed by atoms with Crippen LogP contribution in [0.4, 0.5) is 8.78 Å². The third-order valence-electron chi connectivity index (χ3n) is 1.15. The molecule has 0 aromatic rings. The number of carbonyl (C=O) groups is 2. The summed E-state index contributed by atoms with van der Waals surface area (Å²) in [6, 6.07) is 0. The number of carboxylic acid groups (broad SMARTS) is 1. The van der Waals surface area contributed by atoms with Gasteiger partial charge >= 0.3 is 5.97 Å². The number of alkyl halides is 2. The van der Waals surface area contributed by atoms with E-state index < -0.39 is 31.0 Å². The van der Waals surface area contributed by atoms with Crippen LogP contribution in [0, 0.1) is 0 Å². The van der Waals surface area contributed by atoms with Gasteiger partial charge in [0.25, 0.3) is 6.43 Å². The van der Waals surface area contributed by atoms with Crippen molar-refractivity contribution in [3.63, 3.8) is 0 Å². The largest absolute Gasteiger partial charge is 0.478 e. The molecule has 80 valence electrons. The van der Waals surface area contributed by atoms with Gasteiger partial charge in [0.1, 0.15) is 6.10 Å². The van der Waals surface area contributed by atoms with Crippen LogP contribution in [-0.2, 0) is 9.59 Å². The summed E-state index contributed by atoms with van der Waals surface area (Å²) in [5.41, 5.74) is 0. The molecule has 14 heavy (non-hydrogen) atoms. The van der Waals surface area contributed by atoms with Crippen molar-refractivity contribution >= 4 is 11.9 Å². The first-order valence-corrected chi connectivity index (χ1v) is 3.58. The van der Waals surface area contributed by atoms with Crippen molar-refractivity contribution in [2.75, 3.05) is 6.54 Å². The number of hydrogen-bond acceptors (Lipinski definition) is 3. The van der Waals surface area contributed by atoms with Gasteiger partial charge in [-0.15, -0.1) is 0 Å². The van der Waals surface area contributed by atoms with Crippen molar-refractivity contribution in [2.24, 2.45) is 0 Å². The fourth-order valence-corrected chi connectivity index (χ4v) is 0.500. The van der Waals surface area contributed by atoms with E-state index >= 15 is 0 Å². The minimum atomic E-state index is -2.95. The number of nitrogens with one attached hydrogen (secondary N) is 1. The Balaban J connectivity index is 3.80. The lowest BCUT2D eigenvalue weighted by Gasteiger charge is -2.08. The second kappa shape index (κ2) is 6.03. The highest BCUT2D eigenvalue weighted by Crippen LogP contribution is 1.98. The molecular weight excluding hydrogens is 200 g/mol. The molecule has 0 fully saturated rings. The molecule has 0 aliphatic carbocycles. The van der Waals surface area contributed by atoms with Gasteiger partial charge in [0.05, 0.1) is 0 Å². The van der Waals surface area contributed by atoms with Gasteiger partial charge in [0.2, 0.25) is 5.91 Å². The summed E-state index contributed by atoms with van der Waals surface area (Å²) in [5.74, 6) is -2.18. The van der Waals surface area contributed by atoms with Crippen molar-refractivity contribution in [2.45, 2.75) is 12.5 Å². The van der Waals surface area contributed by atoms with Gasteiger partial charge in [0, 0.05) is 18.7 Å². The number of aliphatic hydroxyl groups is 1. The maximum Gasteiger partial charge on any atom is 0.328 e. The number of carbonyl (C=O) groups excluding carboxylic acids is 1. The standard InChI is InChI=1S/C7H9F2NO4/c8-7(9)4(11)3-10-5(12)1-2-6(13)14/h1-2,4,7,11H,3H2,(H,10,12)(H,13,14)/b2-1+. The van der Waals surface area contributed by atoms with Crippen LogP contribution in [0.1, 0.15) is 0 Å². The number of halogens is 2. The lowest BCUT2D eigenvalue weighted by molar-refractivity contribution is -0.131. The first kappa shape index (κ1) is 12.5. The molecule has 0 saturated carbocycles. The first-order valence-electron chi connectivity index (χ1n) is 3.58. The van der Waals surface area contributed by atoms with Gasteiger partial charge in [0.15, 0.2) is 0 Å². The first-order chi connectivity index (χ1) is 6.43. The van der Waals surface area contributed by atoms with Gasteiger partial charge in [-0.1, -0.05) is 0 Å². The molecule has 0 rings (SSSR count). The predicted octanol–water partition coefficient (Wildman–Crippen LogP) is -0.631. The molecule has 0 aliphatic rings. The summed E-state index contributed by atoms with van der Waals surface area (Å²) in [7, 11) is 0. The SMILES string of the molecule is O=C(O)/C=C/C(=O)NCC(O)C(F)F. The number of carboxylic acids is 1. The summed E-state index contributed by atoms with van der Waals surface area (Å²) >= 11 is 0. The Kier molecular flexibility index (Phi) is 5.38. The molecule has 0 spiro atoms. The smallest absolute Gasteiger partial charge is 0.328 e. The Hall–Kier alpha value is -1.50. The zero-order valence-corrected chi connectivity index (χ0v) is 6.98. The van der Waals surface area contributed by atoms with Crippen LogP contribution in [0.5, 0.6) is 0 Å². The van der Waals surface area contributed by atoms with Crippen molar-refractivity contribution in [3.8, 4) is 0 Å². The van der Waals surface area contributed by atoms with E-state index in [0.717, 1.165) is 0 Å². The number of aliphatic hydroxyl groups excluding tert-OH is 1. The summed E-state index contributed by atoms with van der Waals surface area (Å²) < 4.78 is 23.4. The van der Waals surface area contributed by atoms with E-state index in [9.17, 15) is 18.4 Å². The van der Waals surface area contributed by atoms with Crippen molar-refractivity contribution in [1.29, 1.82) is 0 Å². The van der Waals surface area contributed by atoms with Crippen LogP contribution in [0.2, 0.25) is 0 Å². The van der Waals surface area contributed by atoms with Crippen LogP contribution in [0.25, 0.3) is 0 Å². The number of amides is 1. The molecular formula is C7H9F2NO4. The van der Waals surface area contributed by atoms with Gasteiger partial charge in [-0.2, -0.15) is 0 Å². The van der Waals surface area contributed by atoms with Gasteiger partial charge in [-0.25, -0.2) is 13.6 Å². The van der Waals surface area contributed by atoms with E-state index in [1.54, 1.807) is 0 Å². The lowest BCUT2D eigenvalue weighted by atomic mass is 10.3. The quantitative estimate of drug-likeness (QED) is 0.526. The monoisotopic (exact) mass is 209 g/mol. The fraction of sp³-hybridized carbons (Fsp3) is 0.429. The molecule has 0 heterocycles. The molecule has 0 aromatic heterocycles. The zero-order chi connectivity index (χ0) is 11.1. The van der Waals surface area contributed by atoms with Gasteiger partial charge in [-0.3, -0.25) is 4.79 Å². The van der Waals surface area contributed by atoms with E-state index in [0.29, 0.717) is 12.2 Å². The highest BCUT2D eigenvalue weighted by Gasteiger charge is 2.16. The van der Waals surface area contributed by atoms with Gasteiger partial charge in [-0.05, 0) is 0 Å². The summed E-state index contributed by atoms with van der Waals surface area (Å²) in [6.45, 7) is -0.625. The Labute approximate surface area is 78.0 Å². The molecule has 0 bridgehead atoms. The van der Waals surface area contributed by atoms with Crippen LogP contribution >= 0.6 is 0 Å². The topological polar surface area (TPSA) is 86.6 Å². The van der Waals surface area contributed by atoms with Crippen LogP contribution in [-0.4, -0.2) is 41.2 Å². The highest BCUT2D eigenvalue weighted by atomic mass is 19.3. The van der Waals surface area contributed by atoms with Crippen molar-refractivity contribution in [3.05, 3.63) is 12.2 Å². The molecule has 1 amide bonds. The molecule has 1 unspecified atom stereocenters. The molecule has 0 radical (unpaired) electrons. The Morgan fingerprint density at radius 3 is 2.36 bits per heavy atom. The zero-order valence-electron chi connectivity index (χ0n) is 6.98. The number of rotatable bonds is 5. The molecule has 7 heteroatoms. The molecule has 0 saturated heterocycles. The second-order valence-electron chi connectivity index (χ2n) is 2.32. The maximum atomic E-state index is 11.7. The molecule has 0 aliphatic heterocycles. The van der Waals surface area contributed by atoms with Crippen molar-refractivity contribution in [1.82, 2.24) is 5.32 Å². The minimum Gasteiger partial charge on any atom is -0.478 e. The average Bonchev–Trinajstić information content (AvgIpc) is 2.10. The van der Waals surface area contributed by atoms with E-state index in [1.165, 1.54) is 0 Å². The van der Waals surface area contributed by atoms with Crippen LogP contribution < -0.4 is 5.32 Å². The Bertz CT molecular complexity index is 242. The minimum absolute atomic E-state index is 0.560. The van der Waals surface area contributed by atoms with E-state index in [4.69, 9.17) is 10.2 Å². The predicted molar refractivity (Wildman–Crippen MR) is 41.8 cm³/mol. The highest BCUT2D eigenvalue weighted by molar-refractivity contribution is 5.93. The summed E-state index contributed by atoms with van der Waals surface area (Å²) in [4.78, 5) is 20.6. The molecule has 5 nitrogen and oxygen atoms in total. The van der Waals surface area contributed by atoms with Crippen LogP contribution in [0.15, 0.2) is 12.2 Å². The number of hydrogen-bond donors (Lipinski definition) is 3. The van der Waals surface area contributed by atoms with E-state index in [1.807, 2.05) is 5.32 Å². The molecule has 0 aromatic carbocycles.